The highest BCUT2D eigenvalue weighted by molar-refractivity contribution is 7.80. The van der Waals surface area contributed by atoms with Crippen LogP contribution >= 0.6 is 12.2 Å². The van der Waals surface area contributed by atoms with Gasteiger partial charge in [0.05, 0.1) is 17.5 Å². The van der Waals surface area contributed by atoms with Crippen molar-refractivity contribution >= 4 is 29.0 Å². The lowest BCUT2D eigenvalue weighted by Crippen LogP contribution is -2.37. The van der Waals surface area contributed by atoms with Gasteiger partial charge >= 0.3 is 0 Å². The quantitative estimate of drug-likeness (QED) is 0.635. The third kappa shape index (κ3) is 2.34. The van der Waals surface area contributed by atoms with Crippen molar-refractivity contribution in [2.45, 2.75) is 12.3 Å². The highest BCUT2D eigenvalue weighted by Gasteiger charge is 2.39. The summed E-state index contributed by atoms with van der Waals surface area (Å²) in [5, 5.41) is 0. The topological polar surface area (TPSA) is 63.4 Å². The Balaban J connectivity index is 2.22. The molecule has 1 unspecified atom stereocenters. The molecule has 1 atom stereocenters. The number of benzene rings is 1. The minimum atomic E-state index is -0.391. The number of hydrogen-bond acceptors (Lipinski definition) is 3. The van der Waals surface area contributed by atoms with Gasteiger partial charge in [-0.1, -0.05) is 42.5 Å². The van der Waals surface area contributed by atoms with Crippen LogP contribution in [0.25, 0.3) is 0 Å². The van der Waals surface area contributed by atoms with Gasteiger partial charge in [0.25, 0.3) is 0 Å². The Morgan fingerprint density at radius 3 is 2.59 bits per heavy atom. The number of nitrogens with zero attached hydrogens (tertiary/aromatic N) is 1. The Labute approximate surface area is 104 Å². The summed E-state index contributed by atoms with van der Waals surface area (Å²) in [4.78, 5) is 25.0. The molecule has 1 heterocycles. The van der Waals surface area contributed by atoms with Gasteiger partial charge in [0, 0.05) is 6.42 Å². The molecule has 2 N–H and O–H groups in total. The van der Waals surface area contributed by atoms with E-state index in [0.29, 0.717) is 0 Å². The molecule has 1 aromatic rings. The average Bonchev–Trinajstić information content (AvgIpc) is 2.58. The second kappa shape index (κ2) is 4.63. The average molecular weight is 248 g/mol. The number of carbonyl (C=O) groups is 2. The van der Waals surface area contributed by atoms with Gasteiger partial charge in [-0.25, -0.2) is 0 Å². The van der Waals surface area contributed by atoms with Crippen LogP contribution in [0.4, 0.5) is 0 Å². The largest absolute Gasteiger partial charge is 0.392 e. The van der Waals surface area contributed by atoms with E-state index in [-0.39, 0.29) is 29.8 Å². The van der Waals surface area contributed by atoms with E-state index in [1.165, 1.54) is 0 Å². The molecule has 2 amide bonds. The van der Waals surface area contributed by atoms with Gasteiger partial charge in [0.1, 0.15) is 0 Å². The van der Waals surface area contributed by atoms with E-state index in [9.17, 15) is 9.59 Å². The van der Waals surface area contributed by atoms with Crippen molar-refractivity contribution in [3.8, 4) is 0 Å². The molecule has 0 spiro atoms. The van der Waals surface area contributed by atoms with E-state index in [0.717, 1.165) is 10.5 Å². The number of likely N-dealkylation sites (tertiary alicyclic amines) is 1. The van der Waals surface area contributed by atoms with E-state index in [2.05, 4.69) is 0 Å². The standard InChI is InChI=1S/C12H12N2O2S/c13-10(17)7-14-11(15)6-9(12(14)16)8-4-2-1-3-5-8/h1-5,9H,6-7H2,(H2,13,17). The molecule has 1 fully saturated rings. The lowest BCUT2D eigenvalue weighted by atomic mass is 9.98. The second-order valence-electron chi connectivity index (χ2n) is 3.95. The zero-order chi connectivity index (χ0) is 12.4. The summed E-state index contributed by atoms with van der Waals surface area (Å²) in [5.74, 6) is -0.816. The molecule has 1 aliphatic heterocycles. The van der Waals surface area contributed by atoms with Gasteiger partial charge in [-0.15, -0.1) is 0 Å². The van der Waals surface area contributed by atoms with Gasteiger partial charge in [0.2, 0.25) is 11.8 Å². The monoisotopic (exact) mass is 248 g/mol. The number of carbonyl (C=O) groups excluding carboxylic acids is 2. The van der Waals surface area contributed by atoms with E-state index in [4.69, 9.17) is 18.0 Å². The molecule has 88 valence electrons. The van der Waals surface area contributed by atoms with Crippen molar-refractivity contribution in [2.75, 3.05) is 6.54 Å². The fraction of sp³-hybridized carbons (Fsp3) is 0.250. The Morgan fingerprint density at radius 1 is 1.35 bits per heavy atom. The van der Waals surface area contributed by atoms with Gasteiger partial charge in [-0.3, -0.25) is 14.5 Å². The Bertz CT molecular complexity index is 473. The van der Waals surface area contributed by atoms with Gasteiger partial charge in [-0.2, -0.15) is 0 Å². The van der Waals surface area contributed by atoms with Crippen LogP contribution in [0.1, 0.15) is 17.9 Å². The first kappa shape index (κ1) is 11.7. The van der Waals surface area contributed by atoms with Crippen LogP contribution in [0.3, 0.4) is 0 Å². The van der Waals surface area contributed by atoms with Crippen molar-refractivity contribution in [3.63, 3.8) is 0 Å². The first-order valence-corrected chi connectivity index (χ1v) is 5.68. The molecule has 1 aromatic carbocycles. The number of thiocarbonyl (C=S) groups is 1. The highest BCUT2D eigenvalue weighted by atomic mass is 32.1. The third-order valence-electron chi connectivity index (χ3n) is 2.76. The Hall–Kier alpha value is -1.75. The van der Waals surface area contributed by atoms with E-state index in [1.54, 1.807) is 0 Å². The number of amides is 2. The molecule has 0 aromatic heterocycles. The predicted octanol–water partition coefficient (Wildman–Crippen LogP) is 0.815. The molecule has 0 aliphatic carbocycles. The molecule has 1 saturated heterocycles. The minimum Gasteiger partial charge on any atom is -0.392 e. The SMILES string of the molecule is NC(=S)CN1C(=O)CC(c2ccccc2)C1=O. The first-order chi connectivity index (χ1) is 8.09. The normalized spacial score (nSPS) is 19.8. The molecular weight excluding hydrogens is 236 g/mol. The minimum absolute atomic E-state index is 0.0380. The number of imide groups is 1. The van der Waals surface area contributed by atoms with Crippen LogP contribution in [-0.4, -0.2) is 28.2 Å². The molecule has 4 nitrogen and oxygen atoms in total. The smallest absolute Gasteiger partial charge is 0.237 e. The van der Waals surface area contributed by atoms with Crippen LogP contribution in [0.2, 0.25) is 0 Å². The van der Waals surface area contributed by atoms with Crippen molar-refractivity contribution in [3.05, 3.63) is 35.9 Å². The van der Waals surface area contributed by atoms with Crippen molar-refractivity contribution < 1.29 is 9.59 Å². The highest BCUT2D eigenvalue weighted by Crippen LogP contribution is 2.29. The zero-order valence-electron chi connectivity index (χ0n) is 9.13. The van der Waals surface area contributed by atoms with Crippen molar-refractivity contribution in [2.24, 2.45) is 5.73 Å². The molecule has 1 aliphatic rings. The molecule has 2 rings (SSSR count). The van der Waals surface area contributed by atoms with Gasteiger partial charge in [-0.05, 0) is 5.56 Å². The summed E-state index contributed by atoms with van der Waals surface area (Å²) < 4.78 is 0. The summed E-state index contributed by atoms with van der Waals surface area (Å²) in [6, 6.07) is 9.27. The summed E-state index contributed by atoms with van der Waals surface area (Å²) in [5.41, 5.74) is 6.22. The first-order valence-electron chi connectivity index (χ1n) is 5.27. The second-order valence-corrected chi connectivity index (χ2v) is 4.48. The van der Waals surface area contributed by atoms with Crippen LogP contribution < -0.4 is 5.73 Å². The number of nitrogens with two attached hydrogens (primary N) is 1. The van der Waals surface area contributed by atoms with Crippen molar-refractivity contribution in [1.29, 1.82) is 0 Å². The molecule has 17 heavy (non-hydrogen) atoms. The van der Waals surface area contributed by atoms with Crippen molar-refractivity contribution in [1.82, 2.24) is 4.90 Å². The summed E-state index contributed by atoms with van der Waals surface area (Å²) in [6.45, 7) is 0.0380. The Morgan fingerprint density at radius 2 is 2.00 bits per heavy atom. The molecule has 0 bridgehead atoms. The van der Waals surface area contributed by atoms with Crippen LogP contribution in [0, 0.1) is 0 Å². The fourth-order valence-corrected chi connectivity index (χ4v) is 2.08. The zero-order valence-corrected chi connectivity index (χ0v) is 9.94. The molecular formula is C12H12N2O2S. The number of rotatable bonds is 3. The summed E-state index contributed by atoms with van der Waals surface area (Å²) in [7, 11) is 0. The summed E-state index contributed by atoms with van der Waals surface area (Å²) in [6.07, 6.45) is 0.200. The lowest BCUT2D eigenvalue weighted by Gasteiger charge is -2.13. The van der Waals surface area contributed by atoms with Crippen LogP contribution in [0.5, 0.6) is 0 Å². The number of hydrogen-bond donors (Lipinski definition) is 1. The van der Waals surface area contributed by atoms with Crippen LogP contribution in [0.15, 0.2) is 30.3 Å². The van der Waals surface area contributed by atoms with E-state index < -0.39 is 5.92 Å². The maximum Gasteiger partial charge on any atom is 0.237 e. The van der Waals surface area contributed by atoms with Crippen LogP contribution in [-0.2, 0) is 9.59 Å². The molecule has 0 saturated carbocycles. The maximum atomic E-state index is 12.0. The van der Waals surface area contributed by atoms with Gasteiger partial charge < -0.3 is 5.73 Å². The van der Waals surface area contributed by atoms with Gasteiger partial charge in [0.15, 0.2) is 0 Å². The summed E-state index contributed by atoms with van der Waals surface area (Å²) >= 11 is 4.73. The maximum absolute atomic E-state index is 12.0. The predicted molar refractivity (Wildman–Crippen MR) is 67.3 cm³/mol. The fourth-order valence-electron chi connectivity index (χ4n) is 1.95. The molecule has 0 radical (unpaired) electrons. The van der Waals surface area contributed by atoms with E-state index in [1.807, 2.05) is 30.3 Å². The third-order valence-corrected chi connectivity index (χ3v) is 2.89. The Kier molecular flexibility index (Phi) is 3.19. The molecule has 5 heteroatoms. The van der Waals surface area contributed by atoms with E-state index >= 15 is 0 Å². The lowest BCUT2D eigenvalue weighted by molar-refractivity contribution is -0.137.